The SMILES string of the molecule is COc1ccc(NS(=O)(=O)c2ccc(OC)c(NS(=O)(=O)c3c(C)cc(C)cc3C)c2)cc1. The minimum absolute atomic E-state index is 0.00878. The highest BCUT2D eigenvalue weighted by molar-refractivity contribution is 7.93. The lowest BCUT2D eigenvalue weighted by atomic mass is 10.1. The van der Waals surface area contributed by atoms with E-state index in [0.717, 1.165) is 5.56 Å². The van der Waals surface area contributed by atoms with Gasteiger partial charge in [-0.15, -0.1) is 0 Å². The van der Waals surface area contributed by atoms with E-state index in [1.54, 1.807) is 50.2 Å². The summed E-state index contributed by atoms with van der Waals surface area (Å²) < 4.78 is 67.5. The lowest BCUT2D eigenvalue weighted by Crippen LogP contribution is -2.18. The standard InChI is InChI=1S/C23H26N2O6S2/c1-15-12-16(2)23(17(3)13-15)33(28,29)25-21-14-20(10-11-22(21)31-5)32(26,27)24-18-6-8-19(30-4)9-7-18/h6-14,24-25H,1-5H3. The van der Waals surface area contributed by atoms with E-state index in [0.29, 0.717) is 22.6 Å². The van der Waals surface area contributed by atoms with Crippen molar-refractivity contribution >= 4 is 31.4 Å². The summed E-state index contributed by atoms with van der Waals surface area (Å²) in [6.45, 7) is 5.31. The Balaban J connectivity index is 1.98. The minimum atomic E-state index is -4.01. The highest BCUT2D eigenvalue weighted by atomic mass is 32.2. The molecule has 0 aromatic heterocycles. The molecule has 0 amide bonds. The number of methoxy groups -OCH3 is 2. The van der Waals surface area contributed by atoms with Crippen LogP contribution in [0.2, 0.25) is 0 Å². The zero-order chi connectivity index (χ0) is 24.4. The average molecular weight is 491 g/mol. The van der Waals surface area contributed by atoms with Crippen LogP contribution in [0.15, 0.2) is 64.4 Å². The maximum Gasteiger partial charge on any atom is 0.262 e. The van der Waals surface area contributed by atoms with Crippen LogP contribution in [0.3, 0.4) is 0 Å². The van der Waals surface area contributed by atoms with Crippen molar-refractivity contribution in [2.75, 3.05) is 23.7 Å². The van der Waals surface area contributed by atoms with E-state index in [2.05, 4.69) is 9.44 Å². The lowest BCUT2D eigenvalue weighted by Gasteiger charge is -2.17. The summed E-state index contributed by atoms with van der Waals surface area (Å²) in [5.41, 5.74) is 2.46. The predicted molar refractivity (Wildman–Crippen MR) is 128 cm³/mol. The maximum absolute atomic E-state index is 13.2. The van der Waals surface area contributed by atoms with E-state index in [-0.39, 0.29) is 21.2 Å². The van der Waals surface area contributed by atoms with E-state index in [9.17, 15) is 16.8 Å². The molecule has 2 N–H and O–H groups in total. The summed E-state index contributed by atoms with van der Waals surface area (Å²) in [7, 11) is -5.13. The summed E-state index contributed by atoms with van der Waals surface area (Å²) in [5.74, 6) is 0.769. The Morgan fingerprint density at radius 2 is 1.30 bits per heavy atom. The molecule has 0 atom stereocenters. The summed E-state index contributed by atoms with van der Waals surface area (Å²) >= 11 is 0. The van der Waals surface area contributed by atoms with Crippen molar-refractivity contribution < 1.29 is 26.3 Å². The van der Waals surface area contributed by atoms with E-state index in [1.807, 2.05) is 6.92 Å². The molecule has 0 saturated carbocycles. The third-order valence-corrected chi connectivity index (χ3v) is 7.99. The van der Waals surface area contributed by atoms with Gasteiger partial charge in [-0.05, 0) is 74.4 Å². The van der Waals surface area contributed by atoms with Gasteiger partial charge in [0.15, 0.2) is 0 Å². The fourth-order valence-electron chi connectivity index (χ4n) is 3.59. The normalized spacial score (nSPS) is 11.7. The number of benzene rings is 3. The average Bonchev–Trinajstić information content (AvgIpc) is 2.72. The van der Waals surface area contributed by atoms with Gasteiger partial charge in [0.2, 0.25) is 0 Å². The van der Waals surface area contributed by atoms with Crippen molar-refractivity contribution in [3.63, 3.8) is 0 Å². The Morgan fingerprint density at radius 3 is 1.85 bits per heavy atom. The molecule has 0 aliphatic heterocycles. The predicted octanol–water partition coefficient (Wildman–Crippen LogP) is 4.23. The summed E-state index contributed by atoms with van der Waals surface area (Å²) in [5, 5.41) is 0. The zero-order valence-electron chi connectivity index (χ0n) is 19.0. The van der Waals surface area contributed by atoms with Crippen LogP contribution in [0.1, 0.15) is 16.7 Å². The van der Waals surface area contributed by atoms with E-state index in [1.165, 1.54) is 32.4 Å². The van der Waals surface area contributed by atoms with Crippen molar-refractivity contribution in [1.29, 1.82) is 0 Å². The molecule has 33 heavy (non-hydrogen) atoms. The van der Waals surface area contributed by atoms with Crippen LogP contribution in [0.5, 0.6) is 11.5 Å². The van der Waals surface area contributed by atoms with Crippen LogP contribution < -0.4 is 18.9 Å². The summed E-state index contributed by atoms with van der Waals surface area (Å²) in [4.78, 5) is 0.00828. The van der Waals surface area contributed by atoms with Gasteiger partial charge in [0, 0.05) is 5.69 Å². The second-order valence-electron chi connectivity index (χ2n) is 7.53. The molecule has 0 spiro atoms. The number of ether oxygens (including phenoxy) is 2. The Bertz CT molecular complexity index is 1360. The molecular formula is C23H26N2O6S2. The van der Waals surface area contributed by atoms with Crippen LogP contribution >= 0.6 is 0 Å². The number of sulfonamides is 2. The van der Waals surface area contributed by atoms with Crippen LogP contribution in [-0.4, -0.2) is 31.1 Å². The zero-order valence-corrected chi connectivity index (χ0v) is 20.6. The molecule has 0 heterocycles. The largest absolute Gasteiger partial charge is 0.497 e. The van der Waals surface area contributed by atoms with Crippen molar-refractivity contribution in [3.8, 4) is 11.5 Å². The van der Waals surface area contributed by atoms with Gasteiger partial charge in [-0.2, -0.15) is 0 Å². The van der Waals surface area contributed by atoms with E-state index < -0.39 is 20.0 Å². The third-order valence-electron chi connectivity index (χ3n) is 4.94. The van der Waals surface area contributed by atoms with Crippen molar-refractivity contribution in [2.45, 2.75) is 30.6 Å². The fourth-order valence-corrected chi connectivity index (χ4v) is 6.19. The number of anilines is 2. The topological polar surface area (TPSA) is 111 Å². The van der Waals surface area contributed by atoms with Crippen LogP contribution in [0, 0.1) is 20.8 Å². The molecule has 8 nitrogen and oxygen atoms in total. The molecule has 3 rings (SSSR count). The van der Waals surface area contributed by atoms with Crippen molar-refractivity contribution in [1.82, 2.24) is 0 Å². The maximum atomic E-state index is 13.2. The molecule has 0 aliphatic rings. The van der Waals surface area contributed by atoms with Gasteiger partial charge in [0.25, 0.3) is 20.0 Å². The van der Waals surface area contributed by atoms with Gasteiger partial charge < -0.3 is 9.47 Å². The third kappa shape index (κ3) is 5.40. The Morgan fingerprint density at radius 1 is 0.697 bits per heavy atom. The second kappa shape index (κ2) is 9.32. The van der Waals surface area contributed by atoms with Crippen molar-refractivity contribution in [3.05, 3.63) is 71.3 Å². The van der Waals surface area contributed by atoms with Gasteiger partial charge >= 0.3 is 0 Å². The van der Waals surface area contributed by atoms with Gasteiger partial charge in [0.05, 0.1) is 29.7 Å². The van der Waals surface area contributed by atoms with Crippen molar-refractivity contribution in [2.24, 2.45) is 0 Å². The molecule has 3 aromatic rings. The monoisotopic (exact) mass is 490 g/mol. The first-order valence-electron chi connectivity index (χ1n) is 9.92. The molecule has 10 heteroatoms. The molecule has 176 valence electrons. The molecule has 0 bridgehead atoms. The number of hydrogen-bond donors (Lipinski definition) is 2. The number of nitrogens with one attached hydrogen (secondary N) is 2. The Labute approximate surface area is 194 Å². The first-order valence-corrected chi connectivity index (χ1v) is 12.9. The Hall–Kier alpha value is -3.24. The molecule has 0 unspecified atom stereocenters. The molecular weight excluding hydrogens is 464 g/mol. The summed E-state index contributed by atoms with van der Waals surface area (Å²) in [6.07, 6.45) is 0. The van der Waals surface area contributed by atoms with E-state index >= 15 is 0 Å². The Kier molecular flexibility index (Phi) is 6.89. The summed E-state index contributed by atoms with van der Waals surface area (Å²) in [6, 6.07) is 13.9. The van der Waals surface area contributed by atoms with Gasteiger partial charge in [-0.3, -0.25) is 9.44 Å². The van der Waals surface area contributed by atoms with Crippen LogP contribution in [0.4, 0.5) is 11.4 Å². The van der Waals surface area contributed by atoms with Crippen LogP contribution in [-0.2, 0) is 20.0 Å². The fraction of sp³-hybridized carbons (Fsp3) is 0.217. The number of rotatable bonds is 8. The van der Waals surface area contributed by atoms with Gasteiger partial charge in [0.1, 0.15) is 11.5 Å². The molecule has 0 saturated heterocycles. The number of aryl methyl sites for hydroxylation is 3. The van der Waals surface area contributed by atoms with Gasteiger partial charge in [-0.1, -0.05) is 17.7 Å². The first-order chi connectivity index (χ1) is 15.5. The first kappa shape index (κ1) is 24.4. The van der Waals surface area contributed by atoms with Crippen LogP contribution in [0.25, 0.3) is 0 Å². The quantitative estimate of drug-likeness (QED) is 0.489. The molecule has 0 aliphatic carbocycles. The highest BCUT2D eigenvalue weighted by Gasteiger charge is 2.23. The lowest BCUT2D eigenvalue weighted by molar-refractivity contribution is 0.415. The minimum Gasteiger partial charge on any atom is -0.497 e. The molecule has 0 radical (unpaired) electrons. The molecule has 3 aromatic carbocycles. The highest BCUT2D eigenvalue weighted by Crippen LogP contribution is 2.32. The second-order valence-corrected chi connectivity index (χ2v) is 10.8. The number of hydrogen-bond acceptors (Lipinski definition) is 6. The van der Waals surface area contributed by atoms with Gasteiger partial charge in [-0.25, -0.2) is 16.8 Å². The molecule has 0 fully saturated rings. The van der Waals surface area contributed by atoms with E-state index in [4.69, 9.17) is 9.47 Å². The smallest absolute Gasteiger partial charge is 0.262 e.